The number of rotatable bonds is 3. The summed E-state index contributed by atoms with van der Waals surface area (Å²) in [6, 6.07) is 0. The zero-order valence-electron chi connectivity index (χ0n) is 12.0. The van der Waals surface area contributed by atoms with Crippen molar-refractivity contribution in [3.8, 4) is 0 Å². The molecule has 1 saturated heterocycles. The predicted molar refractivity (Wildman–Crippen MR) is 69.2 cm³/mol. The lowest BCUT2D eigenvalue weighted by atomic mass is 9.46. The van der Waals surface area contributed by atoms with Crippen molar-refractivity contribution in [2.75, 3.05) is 13.2 Å². The summed E-state index contributed by atoms with van der Waals surface area (Å²) in [6.07, 6.45) is -1.87. The molecule has 3 rings (SSSR count). The highest BCUT2D eigenvalue weighted by atomic mass is 19.4. The fraction of sp³-hybridized carbons (Fsp3) is 1.00. The van der Waals surface area contributed by atoms with E-state index in [9.17, 15) is 13.2 Å². The third kappa shape index (κ3) is 1.77. The molecule has 0 bridgehead atoms. The molecule has 3 N–H and O–H groups in total. The molecule has 0 radical (unpaired) electrons. The van der Waals surface area contributed by atoms with E-state index >= 15 is 0 Å². The second-order valence-corrected chi connectivity index (χ2v) is 7.24. The monoisotopic (exact) mass is 292 g/mol. The molecule has 20 heavy (non-hydrogen) atoms. The first-order chi connectivity index (χ1) is 9.14. The minimum absolute atomic E-state index is 0.0871. The van der Waals surface area contributed by atoms with Gasteiger partial charge in [-0.15, -0.1) is 0 Å². The molecule has 0 amide bonds. The molecule has 3 fully saturated rings. The van der Waals surface area contributed by atoms with Gasteiger partial charge in [-0.3, -0.25) is 0 Å². The third-order valence-corrected chi connectivity index (χ3v) is 5.91. The number of hydrogen-bond acceptors (Lipinski definition) is 3. The second kappa shape index (κ2) is 4.11. The first kappa shape index (κ1) is 14.6. The van der Waals surface area contributed by atoms with Gasteiger partial charge in [-0.05, 0) is 25.7 Å². The highest BCUT2D eigenvalue weighted by Crippen LogP contribution is 2.58. The van der Waals surface area contributed by atoms with Crippen LogP contribution in [0.3, 0.4) is 0 Å². The van der Waals surface area contributed by atoms with Crippen LogP contribution in [-0.4, -0.2) is 36.5 Å². The van der Waals surface area contributed by atoms with Crippen molar-refractivity contribution in [1.82, 2.24) is 5.32 Å². The smallest absolute Gasteiger partial charge is 0.377 e. The molecule has 6 heteroatoms. The van der Waals surface area contributed by atoms with Crippen LogP contribution in [0.4, 0.5) is 13.2 Å². The van der Waals surface area contributed by atoms with Crippen LogP contribution in [0.15, 0.2) is 0 Å². The molecular weight excluding hydrogens is 269 g/mol. The van der Waals surface area contributed by atoms with E-state index < -0.39 is 17.3 Å². The molecule has 3 unspecified atom stereocenters. The summed E-state index contributed by atoms with van der Waals surface area (Å²) in [7, 11) is 0. The Morgan fingerprint density at radius 2 is 1.95 bits per heavy atom. The summed E-state index contributed by atoms with van der Waals surface area (Å²) in [5.74, 6) is 0.169. The van der Waals surface area contributed by atoms with E-state index in [1.54, 1.807) is 0 Å². The summed E-state index contributed by atoms with van der Waals surface area (Å²) < 4.78 is 44.7. The Bertz CT molecular complexity index is 406. The molecule has 0 aromatic heterocycles. The number of ether oxygens (including phenoxy) is 1. The van der Waals surface area contributed by atoms with Gasteiger partial charge < -0.3 is 15.8 Å². The lowest BCUT2D eigenvalue weighted by molar-refractivity contribution is -0.230. The predicted octanol–water partition coefficient (Wildman–Crippen LogP) is 2.20. The van der Waals surface area contributed by atoms with Crippen LogP contribution in [0.25, 0.3) is 0 Å². The number of nitrogens with one attached hydrogen (secondary N) is 1. The fourth-order valence-electron chi connectivity index (χ4n) is 4.03. The number of hydrogen-bond donors (Lipinski definition) is 2. The van der Waals surface area contributed by atoms with E-state index in [2.05, 4.69) is 5.32 Å². The zero-order valence-corrected chi connectivity index (χ0v) is 12.0. The lowest BCUT2D eigenvalue weighted by Crippen LogP contribution is -2.81. The van der Waals surface area contributed by atoms with Gasteiger partial charge in [0, 0.05) is 30.0 Å². The Morgan fingerprint density at radius 3 is 2.50 bits per heavy atom. The highest BCUT2D eigenvalue weighted by molar-refractivity contribution is 5.22. The van der Waals surface area contributed by atoms with E-state index in [-0.39, 0.29) is 36.8 Å². The summed E-state index contributed by atoms with van der Waals surface area (Å²) in [4.78, 5) is 0. The molecule has 0 aromatic carbocycles. The van der Waals surface area contributed by atoms with Crippen molar-refractivity contribution < 1.29 is 17.9 Å². The number of fused-ring (bicyclic) bond motifs is 1. The molecule has 0 aromatic rings. The zero-order chi connectivity index (χ0) is 14.8. The third-order valence-electron chi connectivity index (χ3n) is 5.91. The average Bonchev–Trinajstić information content (AvgIpc) is 3.16. The normalized spacial score (nSPS) is 41.7. The van der Waals surface area contributed by atoms with Gasteiger partial charge in [0.05, 0.1) is 6.10 Å². The van der Waals surface area contributed by atoms with E-state index in [1.807, 2.05) is 13.8 Å². The Morgan fingerprint density at radius 1 is 1.30 bits per heavy atom. The van der Waals surface area contributed by atoms with Crippen LogP contribution in [0, 0.1) is 11.3 Å². The maximum atomic E-state index is 13.0. The van der Waals surface area contributed by atoms with E-state index in [0.717, 1.165) is 19.4 Å². The lowest BCUT2D eigenvalue weighted by Gasteiger charge is -2.67. The first-order valence-electron chi connectivity index (χ1n) is 7.36. The minimum atomic E-state index is -4.18. The molecule has 3 nitrogen and oxygen atoms in total. The fourth-order valence-corrected chi connectivity index (χ4v) is 4.03. The summed E-state index contributed by atoms with van der Waals surface area (Å²) in [5, 5.41) is 2.74. The highest BCUT2D eigenvalue weighted by Gasteiger charge is 2.69. The standard InChI is InChI=1S/C14H23F3N2O/c1-11(2)10-9(4-3-7-20-10)13(11,18)8-19-12(5-6-12)14(15,16)17/h9-10,19H,3-8,18H2,1-2H3. The Balaban J connectivity index is 1.70. The Labute approximate surface area is 117 Å². The second-order valence-electron chi connectivity index (χ2n) is 7.24. The van der Waals surface area contributed by atoms with Gasteiger partial charge in [0.15, 0.2) is 0 Å². The van der Waals surface area contributed by atoms with E-state index in [1.165, 1.54) is 0 Å². The van der Waals surface area contributed by atoms with E-state index in [4.69, 9.17) is 10.5 Å². The molecule has 2 aliphatic carbocycles. The van der Waals surface area contributed by atoms with Gasteiger partial charge in [0.25, 0.3) is 0 Å². The van der Waals surface area contributed by atoms with Crippen LogP contribution in [0.2, 0.25) is 0 Å². The van der Waals surface area contributed by atoms with Crippen LogP contribution in [0.5, 0.6) is 0 Å². The summed E-state index contributed by atoms with van der Waals surface area (Å²) in [6.45, 7) is 4.97. The van der Waals surface area contributed by atoms with Crippen molar-refractivity contribution in [2.45, 2.75) is 62.9 Å². The maximum Gasteiger partial charge on any atom is 0.406 e. The quantitative estimate of drug-likeness (QED) is 0.838. The van der Waals surface area contributed by atoms with Crippen LogP contribution in [-0.2, 0) is 4.74 Å². The number of alkyl halides is 3. The van der Waals surface area contributed by atoms with Crippen molar-refractivity contribution in [2.24, 2.45) is 17.1 Å². The van der Waals surface area contributed by atoms with Crippen LogP contribution in [0.1, 0.15) is 39.5 Å². The van der Waals surface area contributed by atoms with Gasteiger partial charge >= 0.3 is 6.18 Å². The van der Waals surface area contributed by atoms with Gasteiger partial charge in [-0.25, -0.2) is 0 Å². The molecule has 116 valence electrons. The topological polar surface area (TPSA) is 47.3 Å². The molecule has 1 heterocycles. The largest absolute Gasteiger partial charge is 0.406 e. The Kier molecular flexibility index (Phi) is 3.00. The summed E-state index contributed by atoms with van der Waals surface area (Å²) in [5.41, 5.74) is 3.92. The minimum Gasteiger partial charge on any atom is -0.377 e. The average molecular weight is 292 g/mol. The van der Waals surface area contributed by atoms with Gasteiger partial charge in [-0.2, -0.15) is 13.2 Å². The first-order valence-corrected chi connectivity index (χ1v) is 7.36. The maximum absolute atomic E-state index is 13.0. The van der Waals surface area contributed by atoms with Crippen molar-refractivity contribution >= 4 is 0 Å². The van der Waals surface area contributed by atoms with Gasteiger partial charge in [0.2, 0.25) is 0 Å². The number of nitrogens with two attached hydrogens (primary N) is 1. The summed E-state index contributed by atoms with van der Waals surface area (Å²) >= 11 is 0. The van der Waals surface area contributed by atoms with Crippen molar-refractivity contribution in [3.63, 3.8) is 0 Å². The SMILES string of the molecule is CC1(C)C2OCCCC2C1(N)CNC1(C(F)(F)F)CC1. The van der Waals surface area contributed by atoms with Crippen LogP contribution < -0.4 is 11.1 Å². The van der Waals surface area contributed by atoms with Gasteiger partial charge in [-0.1, -0.05) is 13.8 Å². The number of halogens is 3. The molecule has 2 saturated carbocycles. The Hall–Kier alpha value is -0.330. The molecule has 1 aliphatic heterocycles. The molecular formula is C14H23F3N2O. The molecule has 0 spiro atoms. The molecule has 3 aliphatic rings. The van der Waals surface area contributed by atoms with Crippen molar-refractivity contribution in [3.05, 3.63) is 0 Å². The van der Waals surface area contributed by atoms with Gasteiger partial charge in [0.1, 0.15) is 5.54 Å². The van der Waals surface area contributed by atoms with Crippen molar-refractivity contribution in [1.29, 1.82) is 0 Å². The van der Waals surface area contributed by atoms with Crippen LogP contribution >= 0.6 is 0 Å². The molecule has 3 atom stereocenters. The van der Waals surface area contributed by atoms with E-state index in [0.29, 0.717) is 0 Å².